The van der Waals surface area contributed by atoms with Crippen LogP contribution in [0.15, 0.2) is 48.0 Å². The highest BCUT2D eigenvalue weighted by molar-refractivity contribution is 7.16. The van der Waals surface area contributed by atoms with Gasteiger partial charge in [0.1, 0.15) is 13.2 Å². The zero-order valence-corrected chi connectivity index (χ0v) is 25.9. The molecule has 0 aliphatic carbocycles. The third-order valence-electron chi connectivity index (χ3n) is 8.40. The Morgan fingerprint density at radius 2 is 1.91 bits per heavy atom. The van der Waals surface area contributed by atoms with Crippen LogP contribution < -0.4 is 14.8 Å². The van der Waals surface area contributed by atoms with E-state index >= 15 is 0 Å². The molecule has 1 saturated heterocycles. The lowest BCUT2D eigenvalue weighted by Crippen LogP contribution is -2.39. The Bertz CT molecular complexity index is 1700. The maximum Gasteiger partial charge on any atom is 0.254 e. The minimum Gasteiger partial charge on any atom is -0.493 e. The maximum absolute atomic E-state index is 13.6. The van der Waals surface area contributed by atoms with Crippen molar-refractivity contribution in [3.63, 3.8) is 0 Å². The van der Waals surface area contributed by atoms with E-state index in [9.17, 15) is 14.4 Å². The maximum atomic E-state index is 13.6. The van der Waals surface area contributed by atoms with Crippen molar-refractivity contribution in [1.82, 2.24) is 29.9 Å². The molecule has 0 unspecified atom stereocenters. The average Bonchev–Trinajstić information content (AvgIpc) is 3.75. The van der Waals surface area contributed by atoms with Gasteiger partial charge in [-0.15, -0.1) is 11.3 Å². The number of thiazole rings is 1. The third-order valence-corrected chi connectivity index (χ3v) is 9.19. The van der Waals surface area contributed by atoms with E-state index in [4.69, 9.17) is 9.47 Å². The molecule has 2 aromatic heterocycles. The van der Waals surface area contributed by atoms with Crippen LogP contribution in [-0.4, -0.2) is 88.7 Å². The topological polar surface area (TPSA) is 119 Å². The smallest absolute Gasteiger partial charge is 0.254 e. The van der Waals surface area contributed by atoms with Crippen molar-refractivity contribution < 1.29 is 23.9 Å². The van der Waals surface area contributed by atoms with Crippen molar-refractivity contribution in [3.05, 3.63) is 70.5 Å². The molecule has 2 aliphatic rings. The van der Waals surface area contributed by atoms with Gasteiger partial charge in [0.2, 0.25) is 11.8 Å². The number of amides is 3. The standard InChI is InChI=1S/C32H36N6O5S/c1-20-13-21(2)38(35-20)18-30(39)37-16-24-22-6-8-27(42-3)28(14-22)43-12-11-36(10-4-9-33-31(40)25(24)17-37)32(41)23-5-7-26-29(15-23)44-19-34-26/h5-8,13-15,19,24-25H,4,9-12,16-18H2,1-3H3,(H,33,40)/t24-,25+/m1/s1. The van der Waals surface area contributed by atoms with Crippen molar-refractivity contribution >= 4 is 39.3 Å². The molecule has 230 valence electrons. The van der Waals surface area contributed by atoms with E-state index in [2.05, 4.69) is 15.4 Å². The van der Waals surface area contributed by atoms with Gasteiger partial charge in [-0.25, -0.2) is 4.98 Å². The fourth-order valence-corrected chi connectivity index (χ4v) is 6.79. The van der Waals surface area contributed by atoms with Crippen molar-refractivity contribution in [2.24, 2.45) is 5.92 Å². The normalized spacial score (nSPS) is 19.2. The van der Waals surface area contributed by atoms with Crippen LogP contribution in [0.5, 0.6) is 11.5 Å². The van der Waals surface area contributed by atoms with E-state index in [0.717, 1.165) is 27.2 Å². The van der Waals surface area contributed by atoms with Crippen LogP contribution in [0, 0.1) is 19.8 Å². The van der Waals surface area contributed by atoms with E-state index in [1.807, 2.05) is 50.2 Å². The van der Waals surface area contributed by atoms with Gasteiger partial charge in [0, 0.05) is 43.4 Å². The van der Waals surface area contributed by atoms with Crippen molar-refractivity contribution in [2.75, 3.05) is 46.4 Å². The van der Waals surface area contributed by atoms with Gasteiger partial charge in [0.25, 0.3) is 5.91 Å². The molecule has 2 aromatic carbocycles. The summed E-state index contributed by atoms with van der Waals surface area (Å²) in [5.74, 6) is 0.154. The minimum atomic E-state index is -0.438. The Labute approximate surface area is 259 Å². The number of methoxy groups -OCH3 is 1. The van der Waals surface area contributed by atoms with Gasteiger partial charge in [0.15, 0.2) is 11.5 Å². The highest BCUT2D eigenvalue weighted by Crippen LogP contribution is 2.38. The highest BCUT2D eigenvalue weighted by Gasteiger charge is 2.40. The van der Waals surface area contributed by atoms with E-state index in [1.54, 1.807) is 33.2 Å². The molecule has 2 atom stereocenters. The lowest BCUT2D eigenvalue weighted by Gasteiger charge is -2.25. The summed E-state index contributed by atoms with van der Waals surface area (Å²) in [6.07, 6.45) is 0.576. The van der Waals surface area contributed by atoms with Crippen LogP contribution in [0.2, 0.25) is 0 Å². The number of likely N-dealkylation sites (tertiary alicyclic amines) is 1. The molecule has 11 nitrogen and oxygen atoms in total. The number of aryl methyl sites for hydroxylation is 2. The Morgan fingerprint density at radius 1 is 1.07 bits per heavy atom. The first-order valence-electron chi connectivity index (χ1n) is 14.8. The molecule has 12 heteroatoms. The van der Waals surface area contributed by atoms with Crippen molar-refractivity contribution in [3.8, 4) is 11.5 Å². The molecule has 2 bridgehead atoms. The minimum absolute atomic E-state index is 0.0786. The summed E-state index contributed by atoms with van der Waals surface area (Å²) in [7, 11) is 1.58. The molecular formula is C32H36N6O5S. The van der Waals surface area contributed by atoms with Crippen LogP contribution in [0.1, 0.15) is 39.6 Å². The van der Waals surface area contributed by atoms with Crippen LogP contribution in [0.3, 0.4) is 0 Å². The number of aromatic nitrogens is 3. The molecule has 2 aliphatic heterocycles. The van der Waals surface area contributed by atoms with Gasteiger partial charge >= 0.3 is 0 Å². The Balaban J connectivity index is 1.23. The van der Waals surface area contributed by atoms with Gasteiger partial charge in [-0.2, -0.15) is 5.10 Å². The van der Waals surface area contributed by atoms with E-state index in [-0.39, 0.29) is 36.8 Å². The molecule has 6 rings (SSSR count). The molecule has 0 spiro atoms. The zero-order valence-electron chi connectivity index (χ0n) is 25.1. The number of hydrogen-bond acceptors (Lipinski definition) is 8. The largest absolute Gasteiger partial charge is 0.493 e. The first kappa shape index (κ1) is 29.6. The molecule has 1 fully saturated rings. The molecule has 0 saturated carbocycles. The molecule has 4 aromatic rings. The van der Waals surface area contributed by atoms with Gasteiger partial charge in [-0.1, -0.05) is 6.07 Å². The molecular weight excluding hydrogens is 580 g/mol. The Morgan fingerprint density at radius 3 is 2.70 bits per heavy atom. The lowest BCUT2D eigenvalue weighted by molar-refractivity contribution is -0.131. The highest BCUT2D eigenvalue weighted by atomic mass is 32.1. The number of fused-ring (bicyclic) bond motifs is 5. The number of rotatable bonds is 4. The summed E-state index contributed by atoms with van der Waals surface area (Å²) < 4.78 is 14.5. The number of nitrogens with zero attached hydrogens (tertiary/aromatic N) is 5. The monoisotopic (exact) mass is 616 g/mol. The Kier molecular flexibility index (Phi) is 8.51. The first-order valence-corrected chi connectivity index (χ1v) is 15.7. The van der Waals surface area contributed by atoms with Crippen molar-refractivity contribution in [2.45, 2.75) is 32.7 Å². The molecule has 3 amide bonds. The SMILES string of the molecule is COc1ccc2cc1OCCN(C(=O)c1ccc3ncsc3c1)CCCNC(=O)[C@H]1CN(C(=O)Cn3nc(C)cc3C)C[C@H]21. The third kappa shape index (κ3) is 6.12. The van der Waals surface area contributed by atoms with Crippen LogP contribution in [0.25, 0.3) is 10.2 Å². The van der Waals surface area contributed by atoms with Gasteiger partial charge in [-0.3, -0.25) is 19.1 Å². The van der Waals surface area contributed by atoms with E-state index in [1.165, 1.54) is 11.3 Å². The molecule has 1 N–H and O–H groups in total. The quantitative estimate of drug-likeness (QED) is 0.373. The second-order valence-corrected chi connectivity index (χ2v) is 12.2. The number of carbonyl (C=O) groups excluding carboxylic acids is 3. The lowest BCUT2D eigenvalue weighted by atomic mass is 9.88. The summed E-state index contributed by atoms with van der Waals surface area (Å²) in [6, 6.07) is 13.1. The summed E-state index contributed by atoms with van der Waals surface area (Å²) in [5.41, 5.74) is 5.89. The number of carbonyl (C=O) groups is 3. The van der Waals surface area contributed by atoms with Crippen LogP contribution in [-0.2, 0) is 16.1 Å². The summed E-state index contributed by atoms with van der Waals surface area (Å²) >= 11 is 1.50. The zero-order chi connectivity index (χ0) is 30.8. The average molecular weight is 617 g/mol. The van der Waals surface area contributed by atoms with Crippen LogP contribution >= 0.6 is 11.3 Å². The molecule has 4 heterocycles. The second kappa shape index (κ2) is 12.7. The summed E-state index contributed by atoms with van der Waals surface area (Å²) in [6.45, 7) is 6.15. The van der Waals surface area contributed by atoms with Gasteiger partial charge < -0.3 is 24.6 Å². The second-order valence-electron chi connectivity index (χ2n) is 11.3. The number of hydrogen-bond donors (Lipinski definition) is 1. The predicted octanol–water partition coefficient (Wildman–Crippen LogP) is 3.40. The van der Waals surface area contributed by atoms with Crippen LogP contribution in [0.4, 0.5) is 0 Å². The fourth-order valence-electron chi connectivity index (χ4n) is 6.07. The number of nitrogens with one attached hydrogen (secondary N) is 1. The fraction of sp³-hybridized carbons (Fsp3) is 0.406. The predicted molar refractivity (Wildman–Crippen MR) is 166 cm³/mol. The van der Waals surface area contributed by atoms with Crippen molar-refractivity contribution in [1.29, 1.82) is 0 Å². The molecule has 0 radical (unpaired) electrons. The van der Waals surface area contributed by atoms with Gasteiger partial charge in [-0.05, 0) is 62.2 Å². The summed E-state index contributed by atoms with van der Waals surface area (Å²) in [5, 5.41) is 7.52. The number of benzene rings is 2. The Hall–Kier alpha value is -4.45. The van der Waals surface area contributed by atoms with E-state index in [0.29, 0.717) is 56.2 Å². The summed E-state index contributed by atoms with van der Waals surface area (Å²) in [4.78, 5) is 48.4. The van der Waals surface area contributed by atoms with E-state index < -0.39 is 5.92 Å². The first-order chi connectivity index (χ1) is 21.3. The van der Waals surface area contributed by atoms with Gasteiger partial charge in [0.05, 0.1) is 41.0 Å². The number of ether oxygens (including phenoxy) is 2. The molecule has 44 heavy (non-hydrogen) atoms.